The molecule has 3 aromatic rings. The highest BCUT2D eigenvalue weighted by Crippen LogP contribution is 2.18. The number of nitrogens with one attached hydrogen (secondary N) is 2. The summed E-state index contributed by atoms with van der Waals surface area (Å²) in [6.07, 6.45) is 4.89. The van der Waals surface area contributed by atoms with Crippen LogP contribution in [0.1, 0.15) is 17.8 Å². The number of rotatable bonds is 3. The topological polar surface area (TPSA) is 89.7 Å². The first-order valence-corrected chi connectivity index (χ1v) is 8.25. The molecule has 2 amide bonds. The number of hydrogen-bond acceptors (Lipinski definition) is 4. The Kier molecular flexibility index (Phi) is 3.93. The van der Waals surface area contributed by atoms with Gasteiger partial charge in [0.1, 0.15) is 18.0 Å². The second kappa shape index (κ2) is 6.39. The van der Waals surface area contributed by atoms with Gasteiger partial charge in [0.05, 0.1) is 24.5 Å². The number of aryl methyl sites for hydroxylation is 2. The molecule has 2 N–H and O–H groups in total. The number of urea groups is 1. The fraction of sp³-hybridized carbons (Fsp3) is 0.294. The molecule has 0 unspecified atom stereocenters. The number of amides is 2. The van der Waals surface area contributed by atoms with Gasteiger partial charge >= 0.3 is 6.03 Å². The lowest BCUT2D eigenvalue weighted by atomic mass is 10.1. The number of aromatic nitrogens is 5. The van der Waals surface area contributed by atoms with E-state index >= 15 is 0 Å². The molecule has 0 saturated carbocycles. The molecule has 128 valence electrons. The first-order valence-electron chi connectivity index (χ1n) is 8.25. The van der Waals surface area contributed by atoms with Gasteiger partial charge in [-0.1, -0.05) is 18.2 Å². The number of para-hydroxylation sites is 1. The molecule has 0 bridgehead atoms. The quantitative estimate of drug-likeness (QED) is 0.764. The molecule has 1 aliphatic heterocycles. The number of nitrogens with zero attached hydrogens (tertiary/aromatic N) is 5. The zero-order valence-electron chi connectivity index (χ0n) is 13.9. The number of anilines is 1. The van der Waals surface area contributed by atoms with Gasteiger partial charge in [-0.05, 0) is 25.0 Å². The summed E-state index contributed by atoms with van der Waals surface area (Å²) in [5.74, 6) is 1.60. The van der Waals surface area contributed by atoms with E-state index in [0.29, 0.717) is 12.4 Å². The van der Waals surface area contributed by atoms with Gasteiger partial charge in [-0.25, -0.2) is 19.1 Å². The molecule has 2 aromatic heterocycles. The van der Waals surface area contributed by atoms with Crippen LogP contribution < -0.4 is 10.6 Å². The van der Waals surface area contributed by atoms with Crippen molar-refractivity contribution in [1.82, 2.24) is 29.9 Å². The van der Waals surface area contributed by atoms with Crippen LogP contribution in [0.3, 0.4) is 0 Å². The van der Waals surface area contributed by atoms with Crippen molar-refractivity contribution in [2.45, 2.75) is 32.4 Å². The molecule has 0 aliphatic carbocycles. The lowest BCUT2D eigenvalue weighted by Crippen LogP contribution is -2.43. The number of benzene rings is 1. The minimum absolute atomic E-state index is 0.0315. The van der Waals surface area contributed by atoms with Crippen LogP contribution in [0, 0.1) is 6.92 Å². The van der Waals surface area contributed by atoms with Crippen LogP contribution in [-0.4, -0.2) is 36.6 Å². The van der Waals surface area contributed by atoms with Crippen molar-refractivity contribution in [3.8, 4) is 5.69 Å². The third-order valence-electron chi connectivity index (χ3n) is 4.37. The maximum absolute atomic E-state index is 12.4. The molecule has 0 radical (unpaired) electrons. The Labute approximate surface area is 144 Å². The van der Waals surface area contributed by atoms with Crippen molar-refractivity contribution in [3.05, 3.63) is 54.2 Å². The summed E-state index contributed by atoms with van der Waals surface area (Å²) >= 11 is 0. The lowest BCUT2D eigenvalue weighted by molar-refractivity contribution is 0.243. The SMILES string of the molecule is Cc1ccccc1-n1nccc1NC(=O)N[C@H]1CCc2ncnn2C1. The van der Waals surface area contributed by atoms with Crippen molar-refractivity contribution in [2.24, 2.45) is 0 Å². The van der Waals surface area contributed by atoms with E-state index < -0.39 is 0 Å². The van der Waals surface area contributed by atoms with Gasteiger partial charge in [0.2, 0.25) is 0 Å². The van der Waals surface area contributed by atoms with Gasteiger partial charge in [0, 0.05) is 12.5 Å². The van der Waals surface area contributed by atoms with Gasteiger partial charge in [0.15, 0.2) is 0 Å². The van der Waals surface area contributed by atoms with E-state index in [1.165, 1.54) is 0 Å². The first-order chi connectivity index (χ1) is 12.2. The largest absolute Gasteiger partial charge is 0.333 e. The number of hydrogen-bond donors (Lipinski definition) is 2. The highest BCUT2D eigenvalue weighted by molar-refractivity contribution is 5.88. The molecule has 25 heavy (non-hydrogen) atoms. The van der Waals surface area contributed by atoms with Gasteiger partial charge in [0.25, 0.3) is 0 Å². The monoisotopic (exact) mass is 337 g/mol. The Balaban J connectivity index is 1.44. The molecule has 4 rings (SSSR count). The van der Waals surface area contributed by atoms with Crippen molar-refractivity contribution in [3.63, 3.8) is 0 Å². The van der Waals surface area contributed by atoms with E-state index in [0.717, 1.165) is 29.9 Å². The van der Waals surface area contributed by atoms with E-state index in [2.05, 4.69) is 25.8 Å². The van der Waals surface area contributed by atoms with Crippen LogP contribution in [0.5, 0.6) is 0 Å². The van der Waals surface area contributed by atoms with Crippen molar-refractivity contribution in [1.29, 1.82) is 0 Å². The van der Waals surface area contributed by atoms with Crippen LogP contribution in [0.4, 0.5) is 10.6 Å². The van der Waals surface area contributed by atoms with E-state index in [1.54, 1.807) is 23.3 Å². The third-order valence-corrected chi connectivity index (χ3v) is 4.37. The first kappa shape index (κ1) is 15.4. The summed E-state index contributed by atoms with van der Waals surface area (Å²) in [4.78, 5) is 16.6. The molecule has 1 aromatic carbocycles. The average molecular weight is 337 g/mol. The second-order valence-electron chi connectivity index (χ2n) is 6.11. The highest BCUT2D eigenvalue weighted by atomic mass is 16.2. The summed E-state index contributed by atoms with van der Waals surface area (Å²) in [5.41, 5.74) is 2.02. The Morgan fingerprint density at radius 3 is 3.00 bits per heavy atom. The second-order valence-corrected chi connectivity index (χ2v) is 6.11. The molecular formula is C17H19N7O. The fourth-order valence-electron chi connectivity index (χ4n) is 3.08. The Bertz CT molecular complexity index is 898. The standard InChI is InChI=1S/C17H19N7O/c1-12-4-2-3-5-14(12)24-16(8-9-19-24)22-17(25)21-13-6-7-15-18-11-20-23(15)10-13/h2-5,8-9,11,13H,6-7,10H2,1H3,(H2,21,22,25)/t13-/m0/s1. The summed E-state index contributed by atoms with van der Waals surface area (Å²) in [7, 11) is 0. The Morgan fingerprint density at radius 1 is 1.24 bits per heavy atom. The zero-order valence-corrected chi connectivity index (χ0v) is 13.9. The van der Waals surface area contributed by atoms with Crippen LogP contribution in [0.25, 0.3) is 5.69 Å². The Morgan fingerprint density at radius 2 is 2.12 bits per heavy atom. The normalized spacial score (nSPS) is 16.3. The van der Waals surface area contributed by atoms with Gasteiger partial charge in [-0.2, -0.15) is 10.2 Å². The van der Waals surface area contributed by atoms with Crippen molar-refractivity contribution < 1.29 is 4.79 Å². The smallest absolute Gasteiger partial charge is 0.320 e. The predicted octanol–water partition coefficient (Wildman–Crippen LogP) is 1.91. The van der Waals surface area contributed by atoms with Crippen molar-refractivity contribution in [2.75, 3.05) is 5.32 Å². The molecule has 8 nitrogen and oxygen atoms in total. The maximum Gasteiger partial charge on any atom is 0.320 e. The molecule has 0 fully saturated rings. The maximum atomic E-state index is 12.4. The number of fused-ring (bicyclic) bond motifs is 1. The predicted molar refractivity (Wildman–Crippen MR) is 92.6 cm³/mol. The van der Waals surface area contributed by atoms with E-state index in [9.17, 15) is 4.79 Å². The summed E-state index contributed by atoms with van der Waals surface area (Å²) < 4.78 is 3.57. The summed E-state index contributed by atoms with van der Waals surface area (Å²) in [6, 6.07) is 9.47. The minimum Gasteiger partial charge on any atom is -0.333 e. The average Bonchev–Trinajstić information content (AvgIpc) is 3.24. The fourth-order valence-corrected chi connectivity index (χ4v) is 3.08. The third kappa shape index (κ3) is 3.10. The van der Waals surface area contributed by atoms with Gasteiger partial charge in [-0.3, -0.25) is 5.32 Å². The van der Waals surface area contributed by atoms with E-state index in [4.69, 9.17) is 0 Å². The summed E-state index contributed by atoms with van der Waals surface area (Å²) in [5, 5.41) is 14.4. The highest BCUT2D eigenvalue weighted by Gasteiger charge is 2.21. The molecule has 1 aliphatic rings. The summed E-state index contributed by atoms with van der Waals surface area (Å²) in [6.45, 7) is 2.65. The lowest BCUT2D eigenvalue weighted by Gasteiger charge is -2.23. The Hall–Kier alpha value is -3.16. The molecule has 0 spiro atoms. The molecular weight excluding hydrogens is 318 g/mol. The number of carbonyl (C=O) groups is 1. The van der Waals surface area contributed by atoms with E-state index in [1.807, 2.05) is 35.9 Å². The zero-order chi connectivity index (χ0) is 17.2. The minimum atomic E-state index is -0.246. The van der Waals surface area contributed by atoms with Crippen LogP contribution in [-0.2, 0) is 13.0 Å². The molecule has 1 atom stereocenters. The van der Waals surface area contributed by atoms with Gasteiger partial charge < -0.3 is 5.32 Å². The van der Waals surface area contributed by atoms with Gasteiger partial charge in [-0.15, -0.1) is 0 Å². The molecule has 0 saturated heterocycles. The van der Waals surface area contributed by atoms with Crippen LogP contribution >= 0.6 is 0 Å². The van der Waals surface area contributed by atoms with Crippen LogP contribution in [0.15, 0.2) is 42.9 Å². The van der Waals surface area contributed by atoms with E-state index in [-0.39, 0.29) is 12.1 Å². The van der Waals surface area contributed by atoms with Crippen molar-refractivity contribution >= 4 is 11.8 Å². The number of carbonyl (C=O) groups excluding carboxylic acids is 1. The van der Waals surface area contributed by atoms with Crippen LogP contribution in [0.2, 0.25) is 0 Å². The molecule has 8 heteroatoms. The molecule has 3 heterocycles.